The van der Waals surface area contributed by atoms with Gasteiger partial charge in [0.1, 0.15) is 6.10 Å². The van der Waals surface area contributed by atoms with E-state index in [9.17, 15) is 4.79 Å². The van der Waals surface area contributed by atoms with Crippen LogP contribution in [0.2, 0.25) is 0 Å². The summed E-state index contributed by atoms with van der Waals surface area (Å²) in [5, 5.41) is 0. The van der Waals surface area contributed by atoms with Crippen molar-refractivity contribution in [3.05, 3.63) is 35.9 Å². The maximum Gasteiger partial charge on any atom is 0.306 e. The number of benzene rings is 1. The van der Waals surface area contributed by atoms with Crippen LogP contribution in [0.3, 0.4) is 0 Å². The Kier molecular flexibility index (Phi) is 4.06. The van der Waals surface area contributed by atoms with Crippen LogP contribution in [0, 0.1) is 0 Å². The van der Waals surface area contributed by atoms with Gasteiger partial charge in [0, 0.05) is 18.5 Å². The van der Waals surface area contributed by atoms with Gasteiger partial charge in [0.15, 0.2) is 0 Å². The van der Waals surface area contributed by atoms with Gasteiger partial charge < -0.3 is 9.64 Å². The third-order valence-electron chi connectivity index (χ3n) is 4.81. The van der Waals surface area contributed by atoms with Crippen LogP contribution in [0.5, 0.6) is 0 Å². The normalized spacial score (nSPS) is 29.4. The fourth-order valence-electron chi connectivity index (χ4n) is 3.59. The predicted octanol–water partition coefficient (Wildman–Crippen LogP) is 2.79. The van der Waals surface area contributed by atoms with Crippen LogP contribution in [0.25, 0.3) is 0 Å². The molecule has 0 saturated carbocycles. The van der Waals surface area contributed by atoms with Gasteiger partial charge >= 0.3 is 5.97 Å². The molecule has 0 amide bonds. The minimum atomic E-state index is -0.0391. The van der Waals surface area contributed by atoms with E-state index in [0.717, 1.165) is 19.3 Å². The molecule has 20 heavy (non-hydrogen) atoms. The smallest absolute Gasteiger partial charge is 0.306 e. The van der Waals surface area contributed by atoms with Gasteiger partial charge in [-0.3, -0.25) is 4.79 Å². The summed E-state index contributed by atoms with van der Waals surface area (Å²) >= 11 is 0. The molecule has 0 radical (unpaired) electrons. The van der Waals surface area contributed by atoms with Crippen molar-refractivity contribution in [3.8, 4) is 0 Å². The van der Waals surface area contributed by atoms with Crippen molar-refractivity contribution in [2.75, 3.05) is 7.05 Å². The molecule has 1 aromatic rings. The largest absolute Gasteiger partial charge is 0.462 e. The van der Waals surface area contributed by atoms with Crippen LogP contribution in [0.1, 0.15) is 37.7 Å². The van der Waals surface area contributed by atoms with Gasteiger partial charge in [-0.15, -0.1) is 0 Å². The Balaban J connectivity index is 1.45. The van der Waals surface area contributed by atoms with Gasteiger partial charge in [-0.25, -0.2) is 0 Å². The number of rotatable bonds is 4. The SMILES string of the molecule is CN1[C@@H]2CC[C@H]1CC(OC(=O)CCc1ccccc1)C2. The van der Waals surface area contributed by atoms with Gasteiger partial charge in [-0.1, -0.05) is 30.3 Å². The van der Waals surface area contributed by atoms with E-state index in [-0.39, 0.29) is 12.1 Å². The first kappa shape index (κ1) is 13.6. The lowest BCUT2D eigenvalue weighted by atomic mass is 10.0. The van der Waals surface area contributed by atoms with Crippen molar-refractivity contribution in [1.29, 1.82) is 0 Å². The summed E-state index contributed by atoms with van der Waals surface area (Å²) in [5.41, 5.74) is 1.20. The van der Waals surface area contributed by atoms with Gasteiger partial charge in [0.2, 0.25) is 0 Å². The number of piperidine rings is 1. The van der Waals surface area contributed by atoms with Crippen LogP contribution in [-0.4, -0.2) is 36.1 Å². The zero-order valence-electron chi connectivity index (χ0n) is 12.1. The zero-order valence-corrected chi connectivity index (χ0v) is 12.1. The van der Waals surface area contributed by atoms with E-state index < -0.39 is 0 Å². The highest BCUT2D eigenvalue weighted by Gasteiger charge is 2.39. The van der Waals surface area contributed by atoms with E-state index in [1.807, 2.05) is 18.2 Å². The molecule has 0 aliphatic carbocycles. The quantitative estimate of drug-likeness (QED) is 0.790. The number of carbonyl (C=O) groups excluding carboxylic acids is 1. The molecule has 2 aliphatic heterocycles. The molecule has 3 nitrogen and oxygen atoms in total. The van der Waals surface area contributed by atoms with Crippen LogP contribution in [-0.2, 0) is 16.0 Å². The monoisotopic (exact) mass is 273 g/mol. The lowest BCUT2D eigenvalue weighted by Gasteiger charge is -2.35. The number of carbonyl (C=O) groups is 1. The second-order valence-corrected chi connectivity index (χ2v) is 6.12. The van der Waals surface area contributed by atoms with Gasteiger partial charge in [-0.2, -0.15) is 0 Å². The molecular formula is C17H23NO2. The third-order valence-corrected chi connectivity index (χ3v) is 4.81. The summed E-state index contributed by atoms with van der Waals surface area (Å²) < 4.78 is 5.68. The number of aryl methyl sites for hydroxylation is 1. The summed E-state index contributed by atoms with van der Waals surface area (Å²) in [6, 6.07) is 11.4. The van der Waals surface area contributed by atoms with E-state index in [0.29, 0.717) is 18.5 Å². The molecule has 0 aromatic heterocycles. The molecule has 0 spiro atoms. The summed E-state index contributed by atoms with van der Waals surface area (Å²) in [4.78, 5) is 14.4. The van der Waals surface area contributed by atoms with Crippen molar-refractivity contribution < 1.29 is 9.53 Å². The van der Waals surface area contributed by atoms with E-state index in [1.165, 1.54) is 18.4 Å². The highest BCUT2D eigenvalue weighted by atomic mass is 16.5. The predicted molar refractivity (Wildman–Crippen MR) is 78.5 cm³/mol. The first-order chi connectivity index (χ1) is 9.72. The Labute approximate surface area is 120 Å². The third kappa shape index (κ3) is 3.04. The summed E-state index contributed by atoms with van der Waals surface area (Å²) in [6.45, 7) is 0. The van der Waals surface area contributed by atoms with Crippen LogP contribution in [0.4, 0.5) is 0 Å². The van der Waals surface area contributed by atoms with Gasteiger partial charge in [0.25, 0.3) is 0 Å². The van der Waals surface area contributed by atoms with Gasteiger partial charge in [-0.05, 0) is 44.7 Å². The summed E-state index contributed by atoms with van der Waals surface area (Å²) in [5.74, 6) is -0.0391. The van der Waals surface area contributed by atoms with Crippen LogP contribution in [0.15, 0.2) is 30.3 Å². The Hall–Kier alpha value is -1.35. The fraction of sp³-hybridized carbons (Fsp3) is 0.588. The summed E-state index contributed by atoms with van der Waals surface area (Å²) in [7, 11) is 2.20. The molecule has 3 heteroatoms. The molecule has 3 rings (SSSR count). The minimum absolute atomic E-state index is 0.0391. The van der Waals surface area contributed by atoms with Crippen LogP contribution < -0.4 is 0 Å². The lowest BCUT2D eigenvalue weighted by molar-refractivity contribution is -0.152. The summed E-state index contributed by atoms with van der Waals surface area (Å²) in [6.07, 6.45) is 5.98. The van der Waals surface area contributed by atoms with Crippen molar-refractivity contribution in [2.45, 2.75) is 56.7 Å². The highest BCUT2D eigenvalue weighted by molar-refractivity contribution is 5.70. The molecule has 2 saturated heterocycles. The molecular weight excluding hydrogens is 250 g/mol. The van der Waals surface area contributed by atoms with E-state index in [4.69, 9.17) is 4.74 Å². The van der Waals surface area contributed by atoms with E-state index >= 15 is 0 Å². The van der Waals surface area contributed by atoms with Crippen molar-refractivity contribution in [1.82, 2.24) is 4.90 Å². The minimum Gasteiger partial charge on any atom is -0.462 e. The number of nitrogens with zero attached hydrogens (tertiary/aromatic N) is 1. The van der Waals surface area contributed by atoms with Crippen molar-refractivity contribution >= 4 is 5.97 Å². The maximum absolute atomic E-state index is 12.0. The van der Waals surface area contributed by atoms with Crippen LogP contribution >= 0.6 is 0 Å². The number of hydrogen-bond donors (Lipinski definition) is 0. The zero-order chi connectivity index (χ0) is 13.9. The molecule has 1 unspecified atom stereocenters. The number of esters is 1. The number of ether oxygens (including phenoxy) is 1. The standard InChI is InChI=1S/C17H23NO2/c1-18-14-8-9-15(18)12-16(11-14)20-17(19)10-7-13-5-3-2-4-6-13/h2-6,14-16H,7-12H2,1H3/t14-,15+,16?. The average molecular weight is 273 g/mol. The first-order valence-electron chi connectivity index (χ1n) is 7.67. The topological polar surface area (TPSA) is 29.5 Å². The molecule has 108 valence electrons. The molecule has 2 bridgehead atoms. The highest BCUT2D eigenvalue weighted by Crippen LogP contribution is 2.35. The second-order valence-electron chi connectivity index (χ2n) is 6.12. The van der Waals surface area contributed by atoms with E-state index in [2.05, 4.69) is 24.1 Å². The first-order valence-corrected chi connectivity index (χ1v) is 7.67. The number of fused-ring (bicyclic) bond motifs is 2. The number of hydrogen-bond acceptors (Lipinski definition) is 3. The average Bonchev–Trinajstić information content (AvgIpc) is 2.68. The molecule has 2 aliphatic rings. The van der Waals surface area contributed by atoms with E-state index in [1.54, 1.807) is 0 Å². The van der Waals surface area contributed by atoms with Gasteiger partial charge in [0.05, 0.1) is 0 Å². The molecule has 3 atom stereocenters. The fourth-order valence-corrected chi connectivity index (χ4v) is 3.59. The van der Waals surface area contributed by atoms with Crippen molar-refractivity contribution in [2.24, 2.45) is 0 Å². The Bertz CT molecular complexity index is 445. The van der Waals surface area contributed by atoms with Crippen molar-refractivity contribution in [3.63, 3.8) is 0 Å². The Morgan fingerprint density at radius 2 is 1.85 bits per heavy atom. The molecule has 2 fully saturated rings. The molecule has 0 N–H and O–H groups in total. The Morgan fingerprint density at radius 1 is 1.20 bits per heavy atom. The lowest BCUT2D eigenvalue weighted by Crippen LogP contribution is -2.43. The molecule has 1 aromatic carbocycles. The Morgan fingerprint density at radius 3 is 2.50 bits per heavy atom. The molecule has 2 heterocycles. The second kappa shape index (κ2) is 5.96. The maximum atomic E-state index is 12.0.